The zero-order chi connectivity index (χ0) is 12.0. The predicted octanol–water partition coefficient (Wildman–Crippen LogP) is 2.96. The molecule has 0 N–H and O–H groups in total. The lowest BCUT2D eigenvalue weighted by Gasteiger charge is -2.34. The largest absolute Gasteiger partial charge is 0.296 e. The Labute approximate surface area is 105 Å². The number of hydrogen-bond acceptors (Lipinski definition) is 3. The van der Waals surface area contributed by atoms with E-state index in [0.717, 1.165) is 17.4 Å². The molecule has 2 aromatic rings. The molecule has 88 valence electrons. The average Bonchev–Trinajstić information content (AvgIpc) is 2.73. The van der Waals surface area contributed by atoms with Crippen molar-refractivity contribution in [3.8, 4) is 11.4 Å². The maximum atomic E-state index is 4.36. The Bertz CT molecular complexity index is 572. The molecule has 0 fully saturated rings. The molecule has 0 saturated carbocycles. The molecule has 0 aliphatic carbocycles. The van der Waals surface area contributed by atoms with Gasteiger partial charge in [-0.3, -0.25) is 4.57 Å². The van der Waals surface area contributed by atoms with Crippen molar-refractivity contribution in [2.75, 3.05) is 6.26 Å². The number of nitrogens with zero attached hydrogens (tertiary/aromatic N) is 3. The van der Waals surface area contributed by atoms with Gasteiger partial charge in [-0.1, -0.05) is 36.0 Å². The Hall–Kier alpha value is -1.29. The SMILES string of the molecule is CSc1nnc2n1C(C)(C)Cc1ccccc1-2. The van der Waals surface area contributed by atoms with Gasteiger partial charge in [0.25, 0.3) is 0 Å². The van der Waals surface area contributed by atoms with Gasteiger partial charge >= 0.3 is 0 Å². The monoisotopic (exact) mass is 245 g/mol. The molecule has 4 heteroatoms. The topological polar surface area (TPSA) is 30.7 Å². The molecule has 0 bridgehead atoms. The van der Waals surface area contributed by atoms with Crippen molar-refractivity contribution >= 4 is 11.8 Å². The highest BCUT2D eigenvalue weighted by Gasteiger charge is 2.33. The lowest BCUT2D eigenvalue weighted by atomic mass is 9.87. The summed E-state index contributed by atoms with van der Waals surface area (Å²) >= 11 is 1.66. The number of thioether (sulfide) groups is 1. The summed E-state index contributed by atoms with van der Waals surface area (Å²) in [6.07, 6.45) is 3.08. The van der Waals surface area contributed by atoms with Crippen LogP contribution in [-0.2, 0) is 12.0 Å². The fraction of sp³-hybridized carbons (Fsp3) is 0.385. The van der Waals surface area contributed by atoms with Crippen molar-refractivity contribution in [1.82, 2.24) is 14.8 Å². The van der Waals surface area contributed by atoms with E-state index in [-0.39, 0.29) is 5.54 Å². The molecule has 1 aromatic carbocycles. The number of rotatable bonds is 1. The number of fused-ring (bicyclic) bond motifs is 3. The molecule has 2 heterocycles. The fourth-order valence-corrected chi connectivity index (χ4v) is 3.20. The fourth-order valence-electron chi connectivity index (χ4n) is 2.56. The van der Waals surface area contributed by atoms with Crippen LogP contribution in [0.25, 0.3) is 11.4 Å². The minimum Gasteiger partial charge on any atom is -0.296 e. The summed E-state index contributed by atoms with van der Waals surface area (Å²) < 4.78 is 2.26. The van der Waals surface area contributed by atoms with Gasteiger partial charge in [0.05, 0.1) is 0 Å². The maximum Gasteiger partial charge on any atom is 0.191 e. The molecule has 3 rings (SSSR count). The number of hydrogen-bond donors (Lipinski definition) is 0. The van der Waals surface area contributed by atoms with Crippen LogP contribution in [0.5, 0.6) is 0 Å². The smallest absolute Gasteiger partial charge is 0.191 e. The number of benzene rings is 1. The third-order valence-corrected chi connectivity index (χ3v) is 3.93. The van der Waals surface area contributed by atoms with Gasteiger partial charge in [-0.25, -0.2) is 0 Å². The van der Waals surface area contributed by atoms with Crippen molar-refractivity contribution in [2.24, 2.45) is 0 Å². The van der Waals surface area contributed by atoms with E-state index in [1.165, 1.54) is 11.1 Å². The zero-order valence-corrected chi connectivity index (χ0v) is 11.1. The first kappa shape index (κ1) is 10.8. The summed E-state index contributed by atoms with van der Waals surface area (Å²) in [5, 5.41) is 9.64. The minimum absolute atomic E-state index is 0.0472. The molecule has 0 saturated heterocycles. The van der Waals surface area contributed by atoms with E-state index in [0.29, 0.717) is 0 Å². The van der Waals surface area contributed by atoms with Crippen LogP contribution in [0.2, 0.25) is 0 Å². The Morgan fingerprint density at radius 3 is 2.76 bits per heavy atom. The first-order valence-corrected chi connectivity index (χ1v) is 6.94. The van der Waals surface area contributed by atoms with Gasteiger partial charge < -0.3 is 0 Å². The molecular weight excluding hydrogens is 230 g/mol. The highest BCUT2D eigenvalue weighted by Crippen LogP contribution is 2.38. The molecule has 3 nitrogen and oxygen atoms in total. The van der Waals surface area contributed by atoms with Crippen LogP contribution in [0.4, 0.5) is 0 Å². The van der Waals surface area contributed by atoms with Crippen LogP contribution in [-0.4, -0.2) is 21.0 Å². The van der Waals surface area contributed by atoms with Gasteiger partial charge in [-0.05, 0) is 32.1 Å². The molecule has 17 heavy (non-hydrogen) atoms. The van der Waals surface area contributed by atoms with Crippen molar-refractivity contribution in [1.29, 1.82) is 0 Å². The minimum atomic E-state index is 0.0472. The van der Waals surface area contributed by atoms with Gasteiger partial charge in [0.15, 0.2) is 11.0 Å². The second-order valence-electron chi connectivity index (χ2n) is 4.99. The molecule has 0 radical (unpaired) electrons. The molecule has 1 aliphatic rings. The molecule has 0 unspecified atom stereocenters. The van der Waals surface area contributed by atoms with E-state index in [1.807, 2.05) is 6.26 Å². The lowest BCUT2D eigenvalue weighted by molar-refractivity contribution is 0.323. The highest BCUT2D eigenvalue weighted by atomic mass is 32.2. The molecule has 0 amide bonds. The standard InChI is InChI=1S/C13H15N3S/c1-13(2)8-9-6-4-5-7-10(9)11-14-15-12(17-3)16(11)13/h4-7H,8H2,1-3H3. The number of aromatic nitrogens is 3. The Morgan fingerprint density at radius 1 is 1.24 bits per heavy atom. The summed E-state index contributed by atoms with van der Waals surface area (Å²) in [4.78, 5) is 0. The second-order valence-corrected chi connectivity index (χ2v) is 5.77. The van der Waals surface area contributed by atoms with Crippen LogP contribution < -0.4 is 0 Å². The summed E-state index contributed by atoms with van der Waals surface area (Å²) in [5.74, 6) is 1.00. The maximum absolute atomic E-state index is 4.36. The first-order valence-electron chi connectivity index (χ1n) is 5.71. The van der Waals surface area contributed by atoms with Crippen LogP contribution in [0, 0.1) is 0 Å². The van der Waals surface area contributed by atoms with E-state index in [2.05, 4.69) is 52.9 Å². The van der Waals surface area contributed by atoms with Crippen molar-refractivity contribution in [3.63, 3.8) is 0 Å². The third kappa shape index (κ3) is 1.51. The predicted molar refractivity (Wildman–Crippen MR) is 70.3 cm³/mol. The van der Waals surface area contributed by atoms with Crippen LogP contribution in [0.1, 0.15) is 19.4 Å². The molecular formula is C13H15N3S. The van der Waals surface area contributed by atoms with Gasteiger partial charge in [-0.15, -0.1) is 10.2 Å². The summed E-state index contributed by atoms with van der Waals surface area (Å²) in [6, 6.07) is 8.48. The molecule has 1 aromatic heterocycles. The zero-order valence-electron chi connectivity index (χ0n) is 10.3. The lowest BCUT2D eigenvalue weighted by Crippen LogP contribution is -2.33. The quantitative estimate of drug-likeness (QED) is 0.724. The van der Waals surface area contributed by atoms with Gasteiger partial charge in [0.1, 0.15) is 0 Å². The Morgan fingerprint density at radius 2 is 2.00 bits per heavy atom. The van der Waals surface area contributed by atoms with E-state index >= 15 is 0 Å². The van der Waals surface area contributed by atoms with Crippen molar-refractivity contribution < 1.29 is 0 Å². The van der Waals surface area contributed by atoms with Crippen molar-refractivity contribution in [3.05, 3.63) is 29.8 Å². The third-order valence-electron chi connectivity index (χ3n) is 3.30. The van der Waals surface area contributed by atoms with Crippen LogP contribution in [0.3, 0.4) is 0 Å². The Balaban J connectivity index is 2.31. The first-order chi connectivity index (χ1) is 8.13. The van der Waals surface area contributed by atoms with Gasteiger partial charge in [-0.2, -0.15) is 0 Å². The van der Waals surface area contributed by atoms with Gasteiger partial charge in [0.2, 0.25) is 0 Å². The van der Waals surface area contributed by atoms with Crippen molar-refractivity contribution in [2.45, 2.75) is 31.0 Å². The molecule has 1 aliphatic heterocycles. The van der Waals surface area contributed by atoms with E-state index in [1.54, 1.807) is 11.8 Å². The summed E-state index contributed by atoms with van der Waals surface area (Å²) in [5.41, 5.74) is 2.63. The average molecular weight is 245 g/mol. The highest BCUT2D eigenvalue weighted by molar-refractivity contribution is 7.98. The second kappa shape index (κ2) is 3.60. The van der Waals surface area contributed by atoms with E-state index < -0.39 is 0 Å². The van der Waals surface area contributed by atoms with E-state index in [4.69, 9.17) is 0 Å². The molecule has 0 atom stereocenters. The van der Waals surface area contributed by atoms with Crippen LogP contribution >= 0.6 is 11.8 Å². The normalized spacial score (nSPS) is 16.4. The van der Waals surface area contributed by atoms with Gasteiger partial charge in [0, 0.05) is 11.1 Å². The van der Waals surface area contributed by atoms with E-state index in [9.17, 15) is 0 Å². The molecule has 0 spiro atoms. The van der Waals surface area contributed by atoms with Crippen LogP contribution in [0.15, 0.2) is 29.4 Å². The summed E-state index contributed by atoms with van der Waals surface area (Å²) in [7, 11) is 0. The Kier molecular flexibility index (Phi) is 2.30. The summed E-state index contributed by atoms with van der Waals surface area (Å²) in [6.45, 7) is 4.49.